The minimum atomic E-state index is -0.223. The highest BCUT2D eigenvalue weighted by molar-refractivity contribution is 5.94. The molecule has 1 amide bonds. The maximum atomic E-state index is 12.1. The van der Waals surface area contributed by atoms with Crippen molar-refractivity contribution >= 4 is 16.9 Å². The second-order valence-electron chi connectivity index (χ2n) is 7.23. The van der Waals surface area contributed by atoms with Crippen LogP contribution in [0.4, 0.5) is 0 Å². The minimum Gasteiger partial charge on any atom is -0.494 e. The summed E-state index contributed by atoms with van der Waals surface area (Å²) in [6, 6.07) is 11.0. The monoisotopic (exact) mass is 396 g/mol. The summed E-state index contributed by atoms with van der Waals surface area (Å²) in [5.41, 5.74) is 4.94. The number of benzene rings is 2. The number of hydrogen-bond acceptors (Lipinski definition) is 5. The van der Waals surface area contributed by atoms with Crippen LogP contribution in [0.3, 0.4) is 0 Å². The highest BCUT2D eigenvalue weighted by Gasteiger charge is 2.11. The number of aliphatic hydroxyl groups excluding tert-OH is 1. The quantitative estimate of drug-likeness (QED) is 0.543. The van der Waals surface area contributed by atoms with E-state index in [1.54, 1.807) is 24.3 Å². The van der Waals surface area contributed by atoms with Gasteiger partial charge < -0.3 is 15.2 Å². The Kier molecular flexibility index (Phi) is 6.82. The molecule has 0 aliphatic rings. The van der Waals surface area contributed by atoms with Crippen molar-refractivity contribution in [2.75, 3.05) is 13.2 Å². The van der Waals surface area contributed by atoms with Gasteiger partial charge in [0.15, 0.2) is 0 Å². The fourth-order valence-electron chi connectivity index (χ4n) is 3.04. The third-order valence-electron chi connectivity index (χ3n) is 5.08. The molecule has 3 rings (SSSR count). The molecule has 1 atom stereocenters. The lowest BCUT2D eigenvalue weighted by atomic mass is 10.1. The summed E-state index contributed by atoms with van der Waals surface area (Å²) in [6.07, 6.45) is 1.48. The van der Waals surface area contributed by atoms with Crippen LogP contribution in [-0.4, -0.2) is 45.3 Å². The number of carbonyl (C=O) groups is 1. The van der Waals surface area contributed by atoms with E-state index in [0.717, 1.165) is 24.0 Å². The summed E-state index contributed by atoms with van der Waals surface area (Å²) >= 11 is 0. The third-order valence-corrected chi connectivity index (χ3v) is 5.08. The highest BCUT2D eigenvalue weighted by Crippen LogP contribution is 2.18. The lowest BCUT2D eigenvalue weighted by Crippen LogP contribution is -2.36. The van der Waals surface area contributed by atoms with Gasteiger partial charge in [-0.05, 0) is 67.8 Å². The van der Waals surface area contributed by atoms with E-state index in [1.165, 1.54) is 11.1 Å². The van der Waals surface area contributed by atoms with Crippen LogP contribution in [0.25, 0.3) is 11.0 Å². The van der Waals surface area contributed by atoms with E-state index < -0.39 is 0 Å². The zero-order chi connectivity index (χ0) is 20.8. The van der Waals surface area contributed by atoms with E-state index in [4.69, 9.17) is 4.74 Å². The average Bonchev–Trinajstić information content (AvgIpc) is 3.11. The second kappa shape index (κ2) is 9.52. The first-order valence-corrected chi connectivity index (χ1v) is 9.96. The number of aryl methyl sites for hydroxylation is 3. The van der Waals surface area contributed by atoms with Crippen LogP contribution < -0.4 is 10.1 Å². The first-order chi connectivity index (χ1) is 14.0. The van der Waals surface area contributed by atoms with Crippen molar-refractivity contribution in [1.29, 1.82) is 0 Å². The van der Waals surface area contributed by atoms with E-state index >= 15 is 0 Å². The second-order valence-corrected chi connectivity index (χ2v) is 7.23. The number of amides is 1. The molecular weight excluding hydrogens is 368 g/mol. The van der Waals surface area contributed by atoms with Crippen molar-refractivity contribution < 1.29 is 14.6 Å². The minimum absolute atomic E-state index is 0.0658. The molecule has 2 N–H and O–H groups in total. The van der Waals surface area contributed by atoms with Gasteiger partial charge in [0.1, 0.15) is 11.3 Å². The van der Waals surface area contributed by atoms with Gasteiger partial charge in [0.25, 0.3) is 5.91 Å². The molecule has 0 saturated carbocycles. The molecule has 29 heavy (non-hydrogen) atoms. The van der Waals surface area contributed by atoms with Crippen molar-refractivity contribution in [3.05, 3.63) is 53.1 Å². The molecule has 0 bridgehead atoms. The molecule has 0 saturated heterocycles. The Bertz CT molecular complexity index is 962. The van der Waals surface area contributed by atoms with Gasteiger partial charge in [0.05, 0.1) is 24.8 Å². The molecule has 154 valence electrons. The number of nitrogens with zero attached hydrogens (tertiary/aromatic N) is 3. The normalized spacial score (nSPS) is 12.1. The first-order valence-electron chi connectivity index (χ1n) is 9.96. The zero-order valence-corrected chi connectivity index (χ0v) is 17.2. The largest absolute Gasteiger partial charge is 0.494 e. The molecule has 1 unspecified atom stereocenters. The average molecular weight is 396 g/mol. The van der Waals surface area contributed by atoms with Crippen LogP contribution in [-0.2, 0) is 6.54 Å². The van der Waals surface area contributed by atoms with Crippen LogP contribution in [0.2, 0.25) is 0 Å². The summed E-state index contributed by atoms with van der Waals surface area (Å²) in [6.45, 7) is 7.28. The molecule has 1 aromatic heterocycles. The van der Waals surface area contributed by atoms with Crippen LogP contribution in [0.1, 0.15) is 41.3 Å². The SMILES string of the molecule is CCC(CO)NC(=O)c1ccc(OCCCn2nnc3cc(C)c(C)cc32)cc1. The standard InChI is InChI=1S/C22H28N4O3/c1-4-18(14-27)23-22(28)17-6-8-19(9-7-17)29-11-5-10-26-21-13-16(3)15(2)12-20(21)24-25-26/h6-9,12-13,18,27H,4-5,10-11,14H2,1-3H3,(H,23,28). The number of fused-ring (bicyclic) bond motifs is 1. The Morgan fingerprint density at radius 2 is 1.93 bits per heavy atom. The smallest absolute Gasteiger partial charge is 0.251 e. The first kappa shape index (κ1) is 20.8. The molecule has 1 heterocycles. The molecule has 0 radical (unpaired) electrons. The van der Waals surface area contributed by atoms with Crippen molar-refractivity contribution in [1.82, 2.24) is 20.3 Å². The number of carbonyl (C=O) groups excluding carboxylic acids is 1. The number of aliphatic hydroxyl groups is 1. The predicted octanol–water partition coefficient (Wildman–Crippen LogP) is 3.02. The molecule has 2 aromatic carbocycles. The van der Waals surface area contributed by atoms with Gasteiger partial charge in [-0.15, -0.1) is 5.10 Å². The molecular formula is C22H28N4O3. The molecule has 0 fully saturated rings. The molecule has 7 heteroatoms. The van der Waals surface area contributed by atoms with Gasteiger partial charge in [-0.2, -0.15) is 0 Å². The van der Waals surface area contributed by atoms with Gasteiger partial charge in [0.2, 0.25) is 0 Å². The lowest BCUT2D eigenvalue weighted by Gasteiger charge is -2.14. The Balaban J connectivity index is 1.50. The number of ether oxygens (including phenoxy) is 1. The van der Waals surface area contributed by atoms with Gasteiger partial charge >= 0.3 is 0 Å². The van der Waals surface area contributed by atoms with Gasteiger partial charge in [0, 0.05) is 18.5 Å². The predicted molar refractivity (Wildman–Crippen MR) is 112 cm³/mol. The van der Waals surface area contributed by atoms with E-state index in [9.17, 15) is 9.90 Å². The summed E-state index contributed by atoms with van der Waals surface area (Å²) in [7, 11) is 0. The summed E-state index contributed by atoms with van der Waals surface area (Å²) < 4.78 is 7.69. The summed E-state index contributed by atoms with van der Waals surface area (Å²) in [5, 5.41) is 20.5. The van der Waals surface area contributed by atoms with Crippen LogP contribution in [0, 0.1) is 13.8 Å². The van der Waals surface area contributed by atoms with E-state index in [0.29, 0.717) is 24.3 Å². The molecule has 0 aliphatic carbocycles. The maximum absolute atomic E-state index is 12.1. The van der Waals surface area contributed by atoms with Crippen molar-refractivity contribution in [2.24, 2.45) is 0 Å². The van der Waals surface area contributed by atoms with E-state index in [2.05, 4.69) is 41.6 Å². The highest BCUT2D eigenvalue weighted by atomic mass is 16.5. The van der Waals surface area contributed by atoms with Gasteiger partial charge in [-0.25, -0.2) is 4.68 Å². The Hall–Kier alpha value is -2.93. The fraction of sp³-hybridized carbons (Fsp3) is 0.409. The third kappa shape index (κ3) is 5.12. The zero-order valence-electron chi connectivity index (χ0n) is 17.2. The molecule has 0 aliphatic heterocycles. The lowest BCUT2D eigenvalue weighted by molar-refractivity contribution is 0.0915. The summed E-state index contributed by atoms with van der Waals surface area (Å²) in [5.74, 6) is 0.520. The van der Waals surface area contributed by atoms with E-state index in [-0.39, 0.29) is 18.6 Å². The van der Waals surface area contributed by atoms with Crippen LogP contribution >= 0.6 is 0 Å². The topological polar surface area (TPSA) is 89.3 Å². The maximum Gasteiger partial charge on any atom is 0.251 e. The number of hydrogen-bond donors (Lipinski definition) is 2. The Morgan fingerprint density at radius 3 is 2.62 bits per heavy atom. The van der Waals surface area contributed by atoms with E-state index in [1.807, 2.05) is 11.6 Å². The van der Waals surface area contributed by atoms with Crippen molar-refractivity contribution in [3.63, 3.8) is 0 Å². The summed E-state index contributed by atoms with van der Waals surface area (Å²) in [4.78, 5) is 12.1. The van der Waals surface area contributed by atoms with Crippen molar-refractivity contribution in [2.45, 2.75) is 46.2 Å². The molecule has 7 nitrogen and oxygen atoms in total. The van der Waals surface area contributed by atoms with Crippen LogP contribution in [0.5, 0.6) is 5.75 Å². The molecule has 0 spiro atoms. The van der Waals surface area contributed by atoms with Crippen LogP contribution in [0.15, 0.2) is 36.4 Å². The number of aromatic nitrogens is 3. The number of rotatable bonds is 9. The number of nitrogens with one attached hydrogen (secondary N) is 1. The Morgan fingerprint density at radius 1 is 1.21 bits per heavy atom. The van der Waals surface area contributed by atoms with Gasteiger partial charge in [-0.3, -0.25) is 4.79 Å². The fourth-order valence-corrected chi connectivity index (χ4v) is 3.04. The van der Waals surface area contributed by atoms with Gasteiger partial charge in [-0.1, -0.05) is 12.1 Å². The molecule has 3 aromatic rings. The van der Waals surface area contributed by atoms with Crippen molar-refractivity contribution in [3.8, 4) is 5.75 Å². The Labute approximate surface area is 170 Å².